The van der Waals surface area contributed by atoms with Crippen molar-refractivity contribution in [1.29, 1.82) is 0 Å². The average Bonchev–Trinajstić information content (AvgIpc) is 2.65. The van der Waals surface area contributed by atoms with Crippen LogP contribution in [0.3, 0.4) is 0 Å². The third-order valence-corrected chi connectivity index (χ3v) is 4.54. The van der Waals surface area contributed by atoms with Gasteiger partial charge in [-0.25, -0.2) is 0 Å². The predicted octanol–water partition coefficient (Wildman–Crippen LogP) is 3.94. The van der Waals surface area contributed by atoms with Crippen molar-refractivity contribution in [2.24, 2.45) is 5.41 Å². The minimum absolute atomic E-state index is 0.00303. The van der Waals surface area contributed by atoms with Gasteiger partial charge in [0.25, 0.3) is 5.91 Å². The Balaban J connectivity index is 1.87. The monoisotopic (exact) mass is 352 g/mol. The van der Waals surface area contributed by atoms with Crippen LogP contribution in [0.15, 0.2) is 36.4 Å². The van der Waals surface area contributed by atoms with Crippen LogP contribution in [0.1, 0.15) is 35.3 Å². The first-order valence-electron chi connectivity index (χ1n) is 8.62. The molecule has 26 heavy (non-hydrogen) atoms. The van der Waals surface area contributed by atoms with E-state index < -0.39 is 5.41 Å². The van der Waals surface area contributed by atoms with Crippen molar-refractivity contribution in [1.82, 2.24) is 0 Å². The van der Waals surface area contributed by atoms with E-state index in [0.29, 0.717) is 22.7 Å². The number of carbonyl (C=O) groups is 2. The van der Waals surface area contributed by atoms with E-state index >= 15 is 0 Å². The largest absolute Gasteiger partial charge is 0.490 e. The van der Waals surface area contributed by atoms with Crippen molar-refractivity contribution >= 4 is 23.2 Å². The molecule has 0 fully saturated rings. The van der Waals surface area contributed by atoms with Crippen LogP contribution in [-0.4, -0.2) is 25.5 Å². The Bertz CT molecular complexity index is 867. The number of carbonyl (C=O) groups excluding carboxylic acids is 2. The van der Waals surface area contributed by atoms with E-state index in [2.05, 4.69) is 5.32 Å². The molecule has 3 rings (SSSR count). The fraction of sp³-hybridized carbons (Fsp3) is 0.333. The standard InChI is InChI=1S/C21H24N2O3/c1-13-8-14(2)10-15(9-13)19(24)22-16-6-7-17-18(11-16)26-12-21(3,4)20(25)23(17)5/h6-11H,12H2,1-5H3,(H,22,24). The second-order valence-electron chi connectivity index (χ2n) is 7.55. The van der Waals surface area contributed by atoms with Gasteiger partial charge in [-0.05, 0) is 52.0 Å². The van der Waals surface area contributed by atoms with Gasteiger partial charge in [-0.3, -0.25) is 9.59 Å². The zero-order valence-corrected chi connectivity index (χ0v) is 15.8. The lowest BCUT2D eigenvalue weighted by atomic mass is 9.93. The van der Waals surface area contributed by atoms with Crippen LogP contribution < -0.4 is 15.0 Å². The first-order chi connectivity index (χ1) is 12.2. The number of nitrogens with zero attached hydrogens (tertiary/aromatic N) is 1. The number of nitrogens with one attached hydrogen (secondary N) is 1. The summed E-state index contributed by atoms with van der Waals surface area (Å²) in [5, 5.41) is 2.91. The summed E-state index contributed by atoms with van der Waals surface area (Å²) in [4.78, 5) is 26.7. The molecule has 136 valence electrons. The van der Waals surface area contributed by atoms with Gasteiger partial charge >= 0.3 is 0 Å². The van der Waals surface area contributed by atoms with Crippen molar-refractivity contribution < 1.29 is 14.3 Å². The lowest BCUT2D eigenvalue weighted by Gasteiger charge is -2.24. The SMILES string of the molecule is Cc1cc(C)cc(C(=O)Nc2ccc3c(c2)OCC(C)(C)C(=O)N3C)c1. The van der Waals surface area contributed by atoms with Crippen molar-refractivity contribution in [3.63, 3.8) is 0 Å². The molecule has 0 atom stereocenters. The molecule has 2 aromatic rings. The average molecular weight is 352 g/mol. The molecule has 0 unspecified atom stereocenters. The van der Waals surface area contributed by atoms with Crippen LogP contribution in [0, 0.1) is 19.3 Å². The van der Waals surface area contributed by atoms with Crippen LogP contribution >= 0.6 is 0 Å². The van der Waals surface area contributed by atoms with Crippen molar-refractivity contribution in [2.45, 2.75) is 27.7 Å². The van der Waals surface area contributed by atoms with E-state index in [1.165, 1.54) is 0 Å². The van der Waals surface area contributed by atoms with E-state index in [4.69, 9.17) is 4.74 Å². The third-order valence-electron chi connectivity index (χ3n) is 4.54. The number of hydrogen-bond donors (Lipinski definition) is 1. The zero-order valence-electron chi connectivity index (χ0n) is 15.8. The number of amides is 2. The lowest BCUT2D eigenvalue weighted by Crippen LogP contribution is -2.39. The van der Waals surface area contributed by atoms with Crippen LogP contribution in [0.4, 0.5) is 11.4 Å². The Morgan fingerprint density at radius 1 is 1.12 bits per heavy atom. The number of rotatable bonds is 2. The molecule has 0 bridgehead atoms. The predicted molar refractivity (Wildman–Crippen MR) is 103 cm³/mol. The van der Waals surface area contributed by atoms with Crippen LogP contribution in [0.25, 0.3) is 0 Å². The molecule has 0 aromatic heterocycles. The van der Waals surface area contributed by atoms with Crippen LogP contribution in [0.5, 0.6) is 5.75 Å². The fourth-order valence-electron chi connectivity index (χ4n) is 3.18. The van der Waals surface area contributed by atoms with Crippen LogP contribution in [0.2, 0.25) is 0 Å². The van der Waals surface area contributed by atoms with Gasteiger partial charge in [-0.1, -0.05) is 17.2 Å². The molecule has 1 heterocycles. The maximum atomic E-state index is 12.6. The molecule has 0 saturated heterocycles. The number of anilines is 2. The van der Waals surface area contributed by atoms with Crippen LogP contribution in [-0.2, 0) is 4.79 Å². The molecule has 2 aromatic carbocycles. The Morgan fingerprint density at radius 3 is 2.42 bits per heavy atom. The first kappa shape index (κ1) is 18.0. The topological polar surface area (TPSA) is 58.6 Å². The molecule has 1 aliphatic rings. The summed E-state index contributed by atoms with van der Waals surface area (Å²) in [5.74, 6) is 0.419. The number of ether oxygens (including phenoxy) is 1. The van der Waals surface area contributed by atoms with E-state index in [1.807, 2.05) is 45.9 Å². The number of fused-ring (bicyclic) bond motifs is 1. The van der Waals surface area contributed by atoms with Crippen molar-refractivity contribution in [3.8, 4) is 5.75 Å². The van der Waals surface area contributed by atoms with Crippen molar-refractivity contribution in [3.05, 3.63) is 53.1 Å². The normalized spacial score (nSPS) is 15.7. The smallest absolute Gasteiger partial charge is 0.255 e. The Labute approximate surface area is 154 Å². The van der Waals surface area contributed by atoms with Gasteiger partial charge in [0.15, 0.2) is 0 Å². The second-order valence-corrected chi connectivity index (χ2v) is 7.55. The Kier molecular flexibility index (Phi) is 4.48. The van der Waals surface area contributed by atoms with Gasteiger partial charge in [-0.2, -0.15) is 0 Å². The van der Waals surface area contributed by atoms with Gasteiger partial charge in [0.2, 0.25) is 5.91 Å². The van der Waals surface area contributed by atoms with E-state index in [-0.39, 0.29) is 18.4 Å². The van der Waals surface area contributed by atoms with E-state index in [9.17, 15) is 9.59 Å². The summed E-state index contributed by atoms with van der Waals surface area (Å²) in [6.45, 7) is 7.95. The highest BCUT2D eigenvalue weighted by Crippen LogP contribution is 2.37. The molecule has 1 aliphatic heterocycles. The van der Waals surface area contributed by atoms with E-state index in [0.717, 1.165) is 11.1 Å². The minimum Gasteiger partial charge on any atom is -0.490 e. The van der Waals surface area contributed by atoms with E-state index in [1.54, 1.807) is 30.1 Å². The first-order valence-corrected chi connectivity index (χ1v) is 8.62. The molecule has 0 saturated carbocycles. The highest BCUT2D eigenvalue weighted by molar-refractivity contribution is 6.05. The molecule has 2 amide bonds. The maximum absolute atomic E-state index is 12.6. The quantitative estimate of drug-likeness (QED) is 0.891. The molecule has 0 radical (unpaired) electrons. The summed E-state index contributed by atoms with van der Waals surface area (Å²) in [6.07, 6.45) is 0. The number of hydrogen-bond acceptors (Lipinski definition) is 3. The Hall–Kier alpha value is -2.82. The van der Waals surface area contributed by atoms with Crippen molar-refractivity contribution in [2.75, 3.05) is 23.9 Å². The second kappa shape index (κ2) is 6.48. The highest BCUT2D eigenvalue weighted by atomic mass is 16.5. The molecule has 5 nitrogen and oxygen atoms in total. The number of aryl methyl sites for hydroxylation is 2. The summed E-state index contributed by atoms with van der Waals surface area (Å²) >= 11 is 0. The maximum Gasteiger partial charge on any atom is 0.255 e. The highest BCUT2D eigenvalue weighted by Gasteiger charge is 2.36. The molecular weight excluding hydrogens is 328 g/mol. The fourth-order valence-corrected chi connectivity index (χ4v) is 3.18. The molecular formula is C21H24N2O3. The minimum atomic E-state index is -0.601. The number of benzene rings is 2. The van der Waals surface area contributed by atoms with Gasteiger partial charge < -0.3 is 15.0 Å². The molecule has 1 N–H and O–H groups in total. The lowest BCUT2D eigenvalue weighted by molar-refractivity contribution is -0.127. The molecule has 5 heteroatoms. The van der Waals surface area contributed by atoms with Gasteiger partial charge in [0, 0.05) is 24.4 Å². The Morgan fingerprint density at radius 2 is 1.77 bits per heavy atom. The summed E-state index contributed by atoms with van der Waals surface area (Å²) < 4.78 is 5.86. The summed E-state index contributed by atoms with van der Waals surface area (Å²) in [7, 11) is 1.74. The summed E-state index contributed by atoms with van der Waals surface area (Å²) in [5.41, 5.74) is 3.44. The van der Waals surface area contributed by atoms with Gasteiger partial charge in [0.05, 0.1) is 11.1 Å². The van der Waals surface area contributed by atoms with Gasteiger partial charge in [0.1, 0.15) is 12.4 Å². The summed E-state index contributed by atoms with van der Waals surface area (Å²) in [6, 6.07) is 11.1. The third kappa shape index (κ3) is 3.43. The molecule has 0 aliphatic carbocycles. The molecule has 0 spiro atoms. The van der Waals surface area contributed by atoms with Gasteiger partial charge in [-0.15, -0.1) is 0 Å². The zero-order chi connectivity index (χ0) is 19.1.